The summed E-state index contributed by atoms with van der Waals surface area (Å²) in [4.78, 5) is 114. The molecule has 10 unspecified atom stereocenters. The van der Waals surface area contributed by atoms with Crippen LogP contribution in [0.25, 0.3) is 0 Å². The molecule has 468 valence electrons. The topological polar surface area (TPSA) is 443 Å². The van der Waals surface area contributed by atoms with Gasteiger partial charge >= 0.3 is 24.0 Å². The molecule has 83 heavy (non-hydrogen) atoms. The van der Waals surface area contributed by atoms with Crippen LogP contribution in [0.2, 0.25) is 0 Å². The summed E-state index contributed by atoms with van der Waals surface area (Å²) in [6, 6.07) is -2.98. The zero-order valence-electron chi connectivity index (χ0n) is 48.1. The van der Waals surface area contributed by atoms with Gasteiger partial charge in [-0.1, -0.05) is 34.6 Å². The quantitative estimate of drug-likeness (QED) is 0.0486. The van der Waals surface area contributed by atoms with E-state index in [-0.39, 0.29) is 30.9 Å². The van der Waals surface area contributed by atoms with E-state index >= 15 is 0 Å². The number of allylic oxidation sites excluding steroid dienone is 2. The van der Waals surface area contributed by atoms with Crippen molar-refractivity contribution < 1.29 is 125 Å². The molecule has 25 atom stereocenters. The highest BCUT2D eigenvalue weighted by Gasteiger charge is 2.61. The summed E-state index contributed by atoms with van der Waals surface area (Å²) in [5.74, 6) is -9.41. The van der Waals surface area contributed by atoms with Gasteiger partial charge in [0.2, 0.25) is 17.7 Å². The van der Waals surface area contributed by atoms with Crippen molar-refractivity contribution in [2.75, 3.05) is 13.2 Å². The van der Waals surface area contributed by atoms with Crippen LogP contribution in [0.15, 0.2) is 11.5 Å². The largest absolute Gasteiger partial charge is 0.510 e. The zero-order valence-corrected chi connectivity index (χ0v) is 48.1. The van der Waals surface area contributed by atoms with Crippen molar-refractivity contribution in [1.29, 1.82) is 0 Å². The van der Waals surface area contributed by atoms with E-state index in [0.29, 0.717) is 0 Å². The third-order valence-electron chi connectivity index (χ3n) is 16.0. The molecule has 5 amide bonds. The molecule has 31 heteroatoms. The number of hydrogen-bond donors (Lipinski definition) is 9. The highest BCUT2D eigenvalue weighted by atomic mass is 16.8. The number of ketones is 1. The molecule has 31 nitrogen and oxygen atoms in total. The molecule has 0 aromatic heterocycles. The van der Waals surface area contributed by atoms with Gasteiger partial charge in [-0.3, -0.25) is 38.4 Å². The summed E-state index contributed by atoms with van der Waals surface area (Å²) >= 11 is 0. The number of Topliss-reactive ketones (excluding diaryl/α,β-unsaturated/α-hetero) is 1. The lowest BCUT2D eigenvalue weighted by atomic mass is 9.82. The predicted octanol–water partition coefficient (Wildman–Crippen LogP) is -2.28. The lowest BCUT2D eigenvalue weighted by Gasteiger charge is -2.52. The number of rotatable bonds is 19. The van der Waals surface area contributed by atoms with Crippen molar-refractivity contribution in [3.8, 4) is 0 Å². The fraction of sp³-hybridized carbons (Fsp3) is 0.788. The van der Waals surface area contributed by atoms with E-state index < -0.39 is 212 Å². The summed E-state index contributed by atoms with van der Waals surface area (Å²) in [7, 11) is 0. The monoisotopic (exact) mass is 1190 g/mol. The van der Waals surface area contributed by atoms with Gasteiger partial charge in [0.15, 0.2) is 67.8 Å². The first kappa shape index (κ1) is 66.4. The van der Waals surface area contributed by atoms with Crippen LogP contribution in [0.1, 0.15) is 95.9 Å². The molecule has 5 saturated heterocycles. The molecule has 0 radical (unpaired) electrons. The minimum atomic E-state index is -2.57. The van der Waals surface area contributed by atoms with Crippen molar-refractivity contribution in [1.82, 2.24) is 16.0 Å². The van der Waals surface area contributed by atoms with Crippen LogP contribution in [0.3, 0.4) is 0 Å². The number of carbonyl (C=O) groups excluding carboxylic acids is 9. The Labute approximate surface area is 477 Å². The average molecular weight is 1190 g/mol. The van der Waals surface area contributed by atoms with Crippen molar-refractivity contribution >= 4 is 53.4 Å². The van der Waals surface area contributed by atoms with E-state index in [1.54, 1.807) is 41.5 Å². The van der Waals surface area contributed by atoms with E-state index in [2.05, 4.69) is 16.0 Å². The second-order valence-electron chi connectivity index (χ2n) is 22.2. The normalized spacial score (nSPS) is 41.0. The molecule has 5 heterocycles. The van der Waals surface area contributed by atoms with E-state index in [1.165, 1.54) is 20.8 Å². The summed E-state index contributed by atoms with van der Waals surface area (Å²) in [5, 5.41) is 53.6. The summed E-state index contributed by atoms with van der Waals surface area (Å²) in [5.41, 5.74) is 7.99. The van der Waals surface area contributed by atoms with Crippen LogP contribution in [-0.4, -0.2) is 209 Å². The van der Waals surface area contributed by atoms with Gasteiger partial charge in [-0.15, -0.1) is 0 Å². The molecule has 6 aliphatic rings. The Balaban J connectivity index is 1.37. The van der Waals surface area contributed by atoms with Gasteiger partial charge in [-0.2, -0.15) is 0 Å². The number of primary amides is 2. The number of carbonyl (C=O) groups is 9. The molecule has 0 saturated carbocycles. The first-order valence-electron chi connectivity index (χ1n) is 27.2. The van der Waals surface area contributed by atoms with Crippen LogP contribution in [0, 0.1) is 29.6 Å². The molecular weight excluding hydrogens is 1110 g/mol. The Morgan fingerprint density at radius 3 is 1.72 bits per heavy atom. The van der Waals surface area contributed by atoms with Crippen LogP contribution >= 0.6 is 0 Å². The summed E-state index contributed by atoms with van der Waals surface area (Å²) in [6.07, 6.45) is -28.4. The number of ether oxygens (including phenoxy) is 13. The van der Waals surface area contributed by atoms with Crippen molar-refractivity contribution in [3.05, 3.63) is 11.5 Å². The fourth-order valence-electron chi connectivity index (χ4n) is 11.3. The molecule has 0 bridgehead atoms. The molecule has 5 aliphatic heterocycles. The van der Waals surface area contributed by atoms with Gasteiger partial charge in [0.25, 0.3) is 5.91 Å². The minimum Gasteiger partial charge on any atom is -0.510 e. The molecule has 5 fully saturated rings. The number of aliphatic hydroxyl groups is 4. The molecule has 6 rings (SSSR count). The number of hydrogen-bond acceptors (Lipinski definition) is 26. The number of amides is 5. The molecule has 1 aliphatic carbocycles. The number of aliphatic hydroxyl groups excluding tert-OH is 3. The van der Waals surface area contributed by atoms with Crippen molar-refractivity contribution in [2.45, 2.75) is 218 Å². The Bertz CT molecular complexity index is 2440. The lowest BCUT2D eigenvalue weighted by Crippen LogP contribution is -2.72. The third kappa shape index (κ3) is 15.4. The zero-order chi connectivity index (χ0) is 61.8. The average Bonchev–Trinajstić information content (AvgIpc) is 3.76. The highest BCUT2D eigenvalue weighted by Crippen LogP contribution is 2.41. The highest BCUT2D eigenvalue weighted by molar-refractivity contribution is 6.02. The maximum Gasteiger partial charge on any atom is 0.404 e. The summed E-state index contributed by atoms with van der Waals surface area (Å²) in [6.45, 7) is 15.9. The van der Waals surface area contributed by atoms with Gasteiger partial charge in [0, 0.05) is 65.2 Å². The first-order chi connectivity index (χ1) is 38.7. The molecule has 0 spiro atoms. The van der Waals surface area contributed by atoms with Crippen molar-refractivity contribution in [2.24, 2.45) is 41.1 Å². The minimum absolute atomic E-state index is 0.0150. The van der Waals surface area contributed by atoms with Crippen LogP contribution in [-0.2, 0) is 99.9 Å². The molecular formula is C52H79N5O26. The SMILES string of the molecule is CC(=O)NC1[C@H](O[C@H]2C(CO[C@@H]3OC(COC(C)=O)[C@H](C)[C@H](C)C3OC(C)=O)O[C@@H](OC3[C@H](O)OC(C(N)=O)[C@@](C)(O)[C@@H]3OC(N)=O)C(NC(C)=O)[C@H]2O)OC(C)[C@H](O[C@@H]2OC(C(=O)NC3=C(O)CCC3=O)[C@H](C)[C@H](C)C2OC(C)=O)[C@@H]1C. The van der Waals surface area contributed by atoms with Gasteiger partial charge in [0.05, 0.1) is 31.0 Å². The first-order valence-corrected chi connectivity index (χ1v) is 27.2. The van der Waals surface area contributed by atoms with Crippen molar-refractivity contribution in [3.63, 3.8) is 0 Å². The van der Waals surface area contributed by atoms with Gasteiger partial charge in [-0.05, 0) is 25.7 Å². The van der Waals surface area contributed by atoms with E-state index in [0.717, 1.165) is 20.8 Å². The van der Waals surface area contributed by atoms with Crippen LogP contribution < -0.4 is 27.4 Å². The molecule has 11 N–H and O–H groups in total. The third-order valence-corrected chi connectivity index (χ3v) is 16.0. The Morgan fingerprint density at radius 2 is 1.17 bits per heavy atom. The number of esters is 3. The van der Waals surface area contributed by atoms with E-state index in [4.69, 9.17) is 73.0 Å². The second kappa shape index (κ2) is 27.5. The summed E-state index contributed by atoms with van der Waals surface area (Å²) < 4.78 is 78.5. The Kier molecular flexibility index (Phi) is 22.0. The smallest absolute Gasteiger partial charge is 0.404 e. The van der Waals surface area contributed by atoms with Gasteiger partial charge in [-0.25, -0.2) is 4.79 Å². The standard InChI is InChI=1S/C52H79N5O26/c1-17-18(2)38(74-26(10)61)49(76-30(17)15-71-25(9)60)72-16-31-40(35(65)34(56-24(8)59)48(77-31)81-41-42(83-51(54)69)52(12,70)43(44(53)66)82-46(41)68)80-47-32(55-23(7)58)21(5)36(22(6)73-47)78-50-39(75-27(11)62)20(4)19(3)37(79-50)45(67)57-33-28(63)13-14-29(33)64/h17-22,30-32,34-43,46-50,63,65,68,70H,13-16H2,1-12H3,(H2,53,66)(H2,54,69)(H,55,58)(H,56,59)(H,57,67)/t17-,18+,19-,20+,21-,22?,30?,31?,32?,34?,35-,36-,37?,38?,39?,40+,41?,42-,43?,46-,47+,48+,49-,50-,52+/m1/s1. The van der Waals surface area contributed by atoms with Gasteiger partial charge < -0.3 is 109 Å². The van der Waals surface area contributed by atoms with Gasteiger partial charge in [0.1, 0.15) is 54.1 Å². The Morgan fingerprint density at radius 1 is 0.614 bits per heavy atom. The predicted molar refractivity (Wildman–Crippen MR) is 273 cm³/mol. The Hall–Kier alpha value is -5.71. The van der Waals surface area contributed by atoms with Crippen LogP contribution in [0.5, 0.6) is 0 Å². The van der Waals surface area contributed by atoms with E-state index in [9.17, 15) is 63.6 Å². The number of nitrogens with one attached hydrogen (secondary N) is 3. The molecule has 0 aromatic carbocycles. The molecule has 0 aromatic rings. The maximum absolute atomic E-state index is 13.8. The maximum atomic E-state index is 13.8. The number of nitrogens with two attached hydrogens (primary N) is 2. The fourth-order valence-corrected chi connectivity index (χ4v) is 11.3. The van der Waals surface area contributed by atoms with Crippen LogP contribution in [0.4, 0.5) is 4.79 Å². The second-order valence-corrected chi connectivity index (χ2v) is 22.2. The lowest BCUT2D eigenvalue weighted by molar-refractivity contribution is -0.373. The van der Waals surface area contributed by atoms with E-state index in [1.807, 2.05) is 0 Å².